The number of fused-ring (bicyclic) bond motifs is 1. The zero-order chi connectivity index (χ0) is 10.3. The molecule has 0 aromatic heterocycles. The number of halogens is 1. The molecule has 0 radical (unpaired) electrons. The van der Waals surface area contributed by atoms with E-state index in [9.17, 15) is 5.11 Å². The van der Waals surface area contributed by atoms with Gasteiger partial charge in [0.15, 0.2) is 0 Å². The van der Waals surface area contributed by atoms with E-state index in [2.05, 4.69) is 15.9 Å². The van der Waals surface area contributed by atoms with Crippen molar-refractivity contribution in [3.63, 3.8) is 0 Å². The molecule has 1 aliphatic heterocycles. The molecular formula is C11H11BrO2. The molecule has 0 unspecified atom stereocenters. The van der Waals surface area contributed by atoms with Crippen molar-refractivity contribution in [2.75, 3.05) is 0 Å². The summed E-state index contributed by atoms with van der Waals surface area (Å²) in [6.07, 6.45) is 3.36. The van der Waals surface area contributed by atoms with Gasteiger partial charge in [-0.3, -0.25) is 0 Å². The van der Waals surface area contributed by atoms with E-state index < -0.39 is 0 Å². The molecule has 1 heterocycles. The molecule has 2 rings (SSSR count). The normalized spacial score (nSPS) is 11.1. The molecule has 74 valence electrons. The molecule has 1 N–H and O–H groups in total. The van der Waals surface area contributed by atoms with Gasteiger partial charge in [0.1, 0.15) is 6.26 Å². The highest BCUT2D eigenvalue weighted by Gasteiger charge is 2.20. The molecule has 1 aliphatic carbocycles. The standard InChI is InChI=1S/C11H11BrO2/c1-6-7(2)9-4-14-5-10(12)11(9)8(6)3-13/h4-5,13H,3H2,1-2H3. The molecule has 0 amide bonds. The first kappa shape index (κ1) is 9.74. The van der Waals surface area contributed by atoms with Crippen LogP contribution in [0, 0.1) is 13.8 Å². The van der Waals surface area contributed by atoms with Gasteiger partial charge in [0.25, 0.3) is 0 Å². The van der Waals surface area contributed by atoms with E-state index in [1.165, 1.54) is 5.56 Å². The molecule has 0 spiro atoms. The Kier molecular flexibility index (Phi) is 2.37. The predicted octanol–water partition coefficient (Wildman–Crippen LogP) is 3.26. The highest BCUT2D eigenvalue weighted by atomic mass is 79.9. The van der Waals surface area contributed by atoms with E-state index in [0.29, 0.717) is 0 Å². The fourth-order valence-electron chi connectivity index (χ4n) is 1.80. The van der Waals surface area contributed by atoms with E-state index in [4.69, 9.17) is 4.42 Å². The first-order chi connectivity index (χ1) is 6.66. The van der Waals surface area contributed by atoms with Crippen LogP contribution in [0.3, 0.4) is 0 Å². The van der Waals surface area contributed by atoms with Crippen molar-refractivity contribution in [3.8, 4) is 11.1 Å². The van der Waals surface area contributed by atoms with Crippen molar-refractivity contribution >= 4 is 15.9 Å². The molecule has 0 atom stereocenters. The summed E-state index contributed by atoms with van der Waals surface area (Å²) < 4.78 is 6.08. The Labute approximate surface area is 91.0 Å². The lowest BCUT2D eigenvalue weighted by Gasteiger charge is -2.03. The molecule has 0 saturated carbocycles. The summed E-state index contributed by atoms with van der Waals surface area (Å²) in [5, 5.41) is 9.30. The first-order valence-corrected chi connectivity index (χ1v) is 5.20. The van der Waals surface area contributed by atoms with E-state index in [1.807, 2.05) is 13.8 Å². The number of aliphatic hydroxyl groups is 1. The van der Waals surface area contributed by atoms with Gasteiger partial charge >= 0.3 is 0 Å². The van der Waals surface area contributed by atoms with Gasteiger partial charge in [-0.25, -0.2) is 0 Å². The molecule has 0 fully saturated rings. The average molecular weight is 255 g/mol. The molecule has 0 aromatic rings. The van der Waals surface area contributed by atoms with E-state index in [1.54, 1.807) is 12.5 Å². The molecule has 0 bridgehead atoms. The third-order valence-corrected chi connectivity index (χ3v) is 3.33. The Balaban J connectivity index is 2.86. The van der Waals surface area contributed by atoms with Gasteiger partial charge in [-0.05, 0) is 46.5 Å². The fraction of sp³-hybridized carbons (Fsp3) is 0.273. The Morgan fingerprint density at radius 2 is 2.00 bits per heavy atom. The van der Waals surface area contributed by atoms with Crippen LogP contribution in [0.25, 0.3) is 11.1 Å². The van der Waals surface area contributed by atoms with Crippen LogP contribution in [0.15, 0.2) is 21.4 Å². The second kappa shape index (κ2) is 3.41. The number of aliphatic hydroxyl groups excluding tert-OH is 1. The van der Waals surface area contributed by atoms with Crippen LogP contribution in [0.2, 0.25) is 0 Å². The Morgan fingerprint density at radius 3 is 2.64 bits per heavy atom. The second-order valence-electron chi connectivity index (χ2n) is 3.40. The lowest BCUT2D eigenvalue weighted by Crippen LogP contribution is -1.86. The Hall–Kier alpha value is -0.800. The summed E-state index contributed by atoms with van der Waals surface area (Å²) in [5.74, 6) is 0. The summed E-state index contributed by atoms with van der Waals surface area (Å²) in [4.78, 5) is 0. The number of hydrogen-bond acceptors (Lipinski definition) is 2. The van der Waals surface area contributed by atoms with Crippen LogP contribution in [-0.2, 0) is 6.61 Å². The smallest absolute Gasteiger partial charge is 0.105 e. The summed E-state index contributed by atoms with van der Waals surface area (Å²) in [7, 11) is 0. The molecule has 3 heteroatoms. The third kappa shape index (κ3) is 1.20. The van der Waals surface area contributed by atoms with Gasteiger partial charge < -0.3 is 9.52 Å². The van der Waals surface area contributed by atoms with Crippen molar-refractivity contribution in [1.82, 2.24) is 0 Å². The van der Waals surface area contributed by atoms with Crippen molar-refractivity contribution in [1.29, 1.82) is 0 Å². The third-order valence-electron chi connectivity index (χ3n) is 2.74. The average Bonchev–Trinajstić information content (AvgIpc) is 2.43. The summed E-state index contributed by atoms with van der Waals surface area (Å²) in [6, 6.07) is 0. The van der Waals surface area contributed by atoms with Crippen molar-refractivity contribution in [2.45, 2.75) is 20.5 Å². The van der Waals surface area contributed by atoms with Gasteiger partial charge in [0.05, 0.1) is 17.3 Å². The maximum absolute atomic E-state index is 9.30. The van der Waals surface area contributed by atoms with E-state index in [-0.39, 0.29) is 6.61 Å². The van der Waals surface area contributed by atoms with Crippen LogP contribution in [0.4, 0.5) is 0 Å². The zero-order valence-electron chi connectivity index (χ0n) is 8.10. The largest absolute Gasteiger partial charge is 0.471 e. The van der Waals surface area contributed by atoms with Crippen LogP contribution < -0.4 is 0 Å². The van der Waals surface area contributed by atoms with Crippen LogP contribution in [0.5, 0.6) is 0 Å². The van der Waals surface area contributed by atoms with Gasteiger partial charge in [0.2, 0.25) is 0 Å². The summed E-state index contributed by atoms with van der Waals surface area (Å²) in [6.45, 7) is 4.13. The maximum atomic E-state index is 9.30. The van der Waals surface area contributed by atoms with Crippen molar-refractivity contribution in [2.24, 2.45) is 0 Å². The zero-order valence-corrected chi connectivity index (χ0v) is 9.68. The molecule has 2 nitrogen and oxygen atoms in total. The van der Waals surface area contributed by atoms with Crippen LogP contribution in [-0.4, -0.2) is 5.11 Å². The number of rotatable bonds is 1. The Morgan fingerprint density at radius 1 is 1.29 bits per heavy atom. The monoisotopic (exact) mass is 254 g/mol. The van der Waals surface area contributed by atoms with Gasteiger partial charge in [-0.1, -0.05) is 0 Å². The highest BCUT2D eigenvalue weighted by Crippen LogP contribution is 2.40. The van der Waals surface area contributed by atoms with Crippen LogP contribution in [0.1, 0.15) is 16.7 Å². The minimum atomic E-state index is 0.0682. The minimum Gasteiger partial charge on any atom is -0.471 e. The SMILES string of the molecule is Cc1c2cocc(Br)c-2c(CO)c1C. The lowest BCUT2D eigenvalue weighted by molar-refractivity contribution is 0.282. The summed E-state index contributed by atoms with van der Waals surface area (Å²) >= 11 is 3.43. The minimum absolute atomic E-state index is 0.0682. The fourth-order valence-corrected chi connectivity index (χ4v) is 2.37. The highest BCUT2D eigenvalue weighted by molar-refractivity contribution is 9.10. The Bertz CT molecular complexity index is 445. The molecule has 0 saturated heterocycles. The predicted molar refractivity (Wildman–Crippen MR) is 58.4 cm³/mol. The van der Waals surface area contributed by atoms with Gasteiger partial charge in [-0.2, -0.15) is 0 Å². The molecular weight excluding hydrogens is 244 g/mol. The molecule has 14 heavy (non-hydrogen) atoms. The van der Waals surface area contributed by atoms with E-state index >= 15 is 0 Å². The van der Waals surface area contributed by atoms with Crippen LogP contribution >= 0.6 is 15.9 Å². The lowest BCUT2D eigenvalue weighted by atomic mass is 10.1. The van der Waals surface area contributed by atoms with E-state index in [0.717, 1.165) is 26.7 Å². The van der Waals surface area contributed by atoms with Gasteiger partial charge in [-0.15, -0.1) is 0 Å². The topological polar surface area (TPSA) is 33.4 Å². The van der Waals surface area contributed by atoms with Crippen molar-refractivity contribution in [3.05, 3.63) is 33.7 Å². The first-order valence-electron chi connectivity index (χ1n) is 4.41. The maximum Gasteiger partial charge on any atom is 0.105 e. The molecule has 2 aliphatic rings. The quantitative estimate of drug-likeness (QED) is 0.848. The summed E-state index contributed by atoms with van der Waals surface area (Å²) in [5.41, 5.74) is 5.44. The van der Waals surface area contributed by atoms with Crippen molar-refractivity contribution < 1.29 is 9.52 Å². The molecule has 0 aromatic carbocycles. The van der Waals surface area contributed by atoms with Gasteiger partial charge in [0, 0.05) is 11.1 Å². The number of hydrogen-bond donors (Lipinski definition) is 1. The second-order valence-corrected chi connectivity index (χ2v) is 4.25.